The molecular weight excluding hydrogens is 332 g/mol. The molecule has 26 heavy (non-hydrogen) atoms. The van der Waals surface area contributed by atoms with Crippen molar-refractivity contribution in [1.82, 2.24) is 9.80 Å². The highest BCUT2D eigenvalue weighted by Gasteiger charge is 2.66. The number of ether oxygens (including phenoxy) is 1. The van der Waals surface area contributed by atoms with Crippen molar-refractivity contribution in [2.75, 3.05) is 33.8 Å². The van der Waals surface area contributed by atoms with Crippen LogP contribution in [0.3, 0.4) is 0 Å². The lowest BCUT2D eigenvalue weighted by Crippen LogP contribution is -2.49. The van der Waals surface area contributed by atoms with Gasteiger partial charge in [0.25, 0.3) is 0 Å². The van der Waals surface area contributed by atoms with Crippen LogP contribution in [-0.2, 0) is 14.3 Å². The number of aliphatic carboxylic acids is 1. The van der Waals surface area contributed by atoms with Gasteiger partial charge in [-0.2, -0.15) is 0 Å². The third-order valence-corrected chi connectivity index (χ3v) is 5.93. The van der Waals surface area contributed by atoms with Gasteiger partial charge < -0.3 is 14.7 Å². The molecule has 1 saturated heterocycles. The highest BCUT2D eigenvalue weighted by molar-refractivity contribution is 5.91. The molecular formula is C20H28N2O4. The normalized spacial score (nSPS) is 30.6. The topological polar surface area (TPSA) is 70.1 Å². The first-order chi connectivity index (χ1) is 12.2. The molecule has 1 N–H and O–H groups in total. The van der Waals surface area contributed by atoms with Gasteiger partial charge in [-0.25, -0.2) is 0 Å². The molecule has 1 aromatic carbocycles. The van der Waals surface area contributed by atoms with Gasteiger partial charge >= 0.3 is 5.97 Å². The maximum Gasteiger partial charge on any atom is 0.307 e. The SMILES string of the molecule is CN(C[C@@H]1OCCN(C)[C@H]1c1ccccc1)C(=O)[C@@H]1[C@H](C(=O)O)C1(C)C. The Morgan fingerprint density at radius 1 is 1.27 bits per heavy atom. The van der Waals surface area contributed by atoms with Crippen LogP contribution in [0.15, 0.2) is 30.3 Å². The molecule has 0 unspecified atom stereocenters. The maximum absolute atomic E-state index is 12.8. The van der Waals surface area contributed by atoms with Crippen LogP contribution in [0.25, 0.3) is 0 Å². The molecule has 2 fully saturated rings. The third kappa shape index (κ3) is 3.35. The van der Waals surface area contributed by atoms with Gasteiger partial charge in [0.05, 0.1) is 30.6 Å². The number of carboxylic acids is 1. The van der Waals surface area contributed by atoms with Crippen LogP contribution in [0.5, 0.6) is 0 Å². The number of hydrogen-bond donors (Lipinski definition) is 1. The smallest absolute Gasteiger partial charge is 0.307 e. The lowest BCUT2D eigenvalue weighted by molar-refractivity contribution is -0.143. The number of rotatable bonds is 5. The van der Waals surface area contributed by atoms with Crippen LogP contribution in [0.1, 0.15) is 25.5 Å². The van der Waals surface area contributed by atoms with Crippen molar-refractivity contribution in [2.45, 2.75) is 26.0 Å². The minimum absolute atomic E-state index is 0.0719. The molecule has 1 aliphatic heterocycles. The summed E-state index contributed by atoms with van der Waals surface area (Å²) in [6.07, 6.45) is -0.143. The second kappa shape index (κ2) is 7.00. The molecule has 1 heterocycles. The van der Waals surface area contributed by atoms with Crippen LogP contribution in [0.4, 0.5) is 0 Å². The Morgan fingerprint density at radius 3 is 2.50 bits per heavy atom. The number of amides is 1. The van der Waals surface area contributed by atoms with E-state index < -0.39 is 23.2 Å². The summed E-state index contributed by atoms with van der Waals surface area (Å²) < 4.78 is 6.01. The number of carbonyl (C=O) groups is 2. The monoisotopic (exact) mass is 360 g/mol. The van der Waals surface area contributed by atoms with Crippen molar-refractivity contribution in [1.29, 1.82) is 0 Å². The Labute approximate surface area is 154 Å². The molecule has 1 amide bonds. The van der Waals surface area contributed by atoms with Gasteiger partial charge in [-0.05, 0) is 18.0 Å². The van der Waals surface area contributed by atoms with E-state index in [9.17, 15) is 14.7 Å². The van der Waals surface area contributed by atoms with Crippen molar-refractivity contribution in [2.24, 2.45) is 17.3 Å². The van der Waals surface area contributed by atoms with Crippen molar-refractivity contribution in [3.63, 3.8) is 0 Å². The largest absolute Gasteiger partial charge is 0.481 e. The molecule has 6 heteroatoms. The molecule has 0 aromatic heterocycles. The van der Waals surface area contributed by atoms with E-state index in [2.05, 4.69) is 24.1 Å². The predicted octanol–water partition coefficient (Wildman–Crippen LogP) is 1.87. The molecule has 0 radical (unpaired) electrons. The van der Waals surface area contributed by atoms with Gasteiger partial charge in [-0.3, -0.25) is 14.5 Å². The quantitative estimate of drug-likeness (QED) is 0.868. The number of carboxylic acid groups (broad SMARTS) is 1. The summed E-state index contributed by atoms with van der Waals surface area (Å²) in [6.45, 7) is 5.60. The van der Waals surface area contributed by atoms with E-state index in [0.717, 1.165) is 12.1 Å². The van der Waals surface area contributed by atoms with Crippen molar-refractivity contribution in [3.8, 4) is 0 Å². The first kappa shape index (κ1) is 18.9. The Bertz CT molecular complexity index is 676. The molecule has 4 atom stereocenters. The Balaban J connectivity index is 1.72. The van der Waals surface area contributed by atoms with E-state index >= 15 is 0 Å². The molecule has 1 aromatic rings. The number of benzene rings is 1. The molecule has 3 rings (SSSR count). The number of nitrogens with zero attached hydrogens (tertiary/aromatic N) is 2. The van der Waals surface area contributed by atoms with E-state index in [1.165, 1.54) is 0 Å². The van der Waals surface area contributed by atoms with Crippen LogP contribution >= 0.6 is 0 Å². The molecule has 1 aliphatic carbocycles. The average molecular weight is 360 g/mol. The first-order valence-corrected chi connectivity index (χ1v) is 9.09. The molecule has 2 aliphatic rings. The third-order valence-electron chi connectivity index (χ3n) is 5.93. The zero-order valence-corrected chi connectivity index (χ0v) is 15.9. The molecule has 142 valence electrons. The zero-order chi connectivity index (χ0) is 19.1. The highest BCUT2D eigenvalue weighted by Crippen LogP contribution is 2.59. The van der Waals surface area contributed by atoms with E-state index in [4.69, 9.17) is 4.74 Å². The molecule has 0 spiro atoms. The lowest BCUT2D eigenvalue weighted by atomic mass is 9.98. The summed E-state index contributed by atoms with van der Waals surface area (Å²) in [4.78, 5) is 28.1. The van der Waals surface area contributed by atoms with Crippen LogP contribution in [0.2, 0.25) is 0 Å². The summed E-state index contributed by atoms with van der Waals surface area (Å²) >= 11 is 0. The lowest BCUT2D eigenvalue weighted by Gasteiger charge is -2.41. The van der Waals surface area contributed by atoms with Gasteiger partial charge in [0.2, 0.25) is 5.91 Å². The standard InChI is InChI=1S/C20H28N2O4/c1-20(2)15(16(20)19(24)25)18(23)22(4)12-14-17(21(3)10-11-26-14)13-8-6-5-7-9-13/h5-9,14-17H,10-12H2,1-4H3,(H,24,25)/t14-,15-,16+,17-/m0/s1. The van der Waals surface area contributed by atoms with E-state index in [1.54, 1.807) is 11.9 Å². The molecule has 1 saturated carbocycles. The molecule has 0 bridgehead atoms. The van der Waals surface area contributed by atoms with Crippen molar-refractivity contribution in [3.05, 3.63) is 35.9 Å². The van der Waals surface area contributed by atoms with E-state index in [0.29, 0.717) is 13.2 Å². The number of hydrogen-bond acceptors (Lipinski definition) is 4. The summed E-state index contributed by atoms with van der Waals surface area (Å²) in [6, 6.07) is 10.2. The number of carbonyl (C=O) groups excluding carboxylic acids is 1. The number of morpholine rings is 1. The van der Waals surface area contributed by atoms with E-state index in [-0.39, 0.29) is 18.1 Å². The highest BCUT2D eigenvalue weighted by atomic mass is 16.5. The summed E-state index contributed by atoms with van der Waals surface area (Å²) in [5.41, 5.74) is 0.677. The van der Waals surface area contributed by atoms with E-state index in [1.807, 2.05) is 32.0 Å². The van der Waals surface area contributed by atoms with Gasteiger partial charge in [-0.15, -0.1) is 0 Å². The van der Waals surface area contributed by atoms with Crippen molar-refractivity contribution < 1.29 is 19.4 Å². The Hall–Kier alpha value is -1.92. The summed E-state index contributed by atoms with van der Waals surface area (Å²) in [5, 5.41) is 9.33. The van der Waals surface area contributed by atoms with Gasteiger partial charge in [0.1, 0.15) is 0 Å². The summed E-state index contributed by atoms with van der Waals surface area (Å²) in [7, 11) is 3.81. The molecule has 6 nitrogen and oxygen atoms in total. The Morgan fingerprint density at radius 2 is 1.92 bits per heavy atom. The van der Waals surface area contributed by atoms with Gasteiger partial charge in [0.15, 0.2) is 0 Å². The summed E-state index contributed by atoms with van der Waals surface area (Å²) in [5.74, 6) is -2.05. The van der Waals surface area contributed by atoms with Crippen molar-refractivity contribution >= 4 is 11.9 Å². The minimum Gasteiger partial charge on any atom is -0.481 e. The first-order valence-electron chi connectivity index (χ1n) is 9.09. The second-order valence-electron chi connectivity index (χ2n) is 8.08. The zero-order valence-electron chi connectivity index (χ0n) is 15.9. The number of likely N-dealkylation sites (N-methyl/N-ethyl adjacent to an activating group) is 2. The Kier molecular flexibility index (Phi) is 5.08. The fraction of sp³-hybridized carbons (Fsp3) is 0.600. The minimum atomic E-state index is -0.891. The van der Waals surface area contributed by atoms with Gasteiger partial charge in [0, 0.05) is 20.1 Å². The maximum atomic E-state index is 12.8. The fourth-order valence-corrected chi connectivity index (χ4v) is 4.29. The van der Waals surface area contributed by atoms with Crippen LogP contribution in [-0.4, -0.2) is 66.7 Å². The van der Waals surface area contributed by atoms with Crippen LogP contribution in [0, 0.1) is 17.3 Å². The fourth-order valence-electron chi connectivity index (χ4n) is 4.29. The second-order valence-corrected chi connectivity index (χ2v) is 8.08. The van der Waals surface area contributed by atoms with Gasteiger partial charge in [-0.1, -0.05) is 44.2 Å². The average Bonchev–Trinajstić information content (AvgIpc) is 3.17. The predicted molar refractivity (Wildman–Crippen MR) is 97.6 cm³/mol. The van der Waals surface area contributed by atoms with Crippen LogP contribution < -0.4 is 0 Å².